The molecule has 27 heavy (non-hydrogen) atoms. The molecular formula is C19H24N2O5S. The van der Waals surface area contributed by atoms with Crippen molar-refractivity contribution in [2.45, 2.75) is 19.9 Å². The van der Waals surface area contributed by atoms with Gasteiger partial charge in [0.2, 0.25) is 10.0 Å². The molecular weight excluding hydrogens is 368 g/mol. The van der Waals surface area contributed by atoms with Gasteiger partial charge in [0.15, 0.2) is 11.5 Å². The predicted octanol–water partition coefficient (Wildman–Crippen LogP) is 2.87. The molecule has 0 radical (unpaired) electrons. The van der Waals surface area contributed by atoms with Crippen molar-refractivity contribution in [2.75, 3.05) is 25.2 Å². The molecule has 0 aliphatic heterocycles. The highest BCUT2D eigenvalue weighted by molar-refractivity contribution is 7.92. The lowest BCUT2D eigenvalue weighted by molar-refractivity contribution is 0.0939. The molecule has 0 saturated heterocycles. The average Bonchev–Trinajstić information content (AvgIpc) is 2.61. The zero-order valence-electron chi connectivity index (χ0n) is 16.0. The molecule has 0 spiro atoms. The number of hydrogen-bond donors (Lipinski definition) is 2. The van der Waals surface area contributed by atoms with Crippen LogP contribution in [0.4, 0.5) is 5.69 Å². The van der Waals surface area contributed by atoms with Gasteiger partial charge in [-0.25, -0.2) is 8.42 Å². The highest BCUT2D eigenvalue weighted by atomic mass is 32.2. The summed E-state index contributed by atoms with van der Waals surface area (Å²) >= 11 is 0. The van der Waals surface area contributed by atoms with Gasteiger partial charge in [0.1, 0.15) is 0 Å². The number of benzene rings is 2. The maximum Gasteiger partial charge on any atom is 0.252 e. The summed E-state index contributed by atoms with van der Waals surface area (Å²) in [6, 6.07) is 10.0. The van der Waals surface area contributed by atoms with Gasteiger partial charge in [-0.05, 0) is 49.2 Å². The largest absolute Gasteiger partial charge is 0.493 e. The Labute approximate surface area is 159 Å². The van der Waals surface area contributed by atoms with Crippen LogP contribution in [0.25, 0.3) is 0 Å². The van der Waals surface area contributed by atoms with E-state index < -0.39 is 10.0 Å². The highest BCUT2D eigenvalue weighted by Crippen LogP contribution is 2.30. The number of carbonyl (C=O) groups excluding carboxylic acids is 1. The van der Waals surface area contributed by atoms with Crippen molar-refractivity contribution >= 4 is 21.6 Å². The topological polar surface area (TPSA) is 93.7 Å². The first-order valence-electron chi connectivity index (χ1n) is 8.26. The van der Waals surface area contributed by atoms with E-state index in [9.17, 15) is 13.2 Å². The predicted molar refractivity (Wildman–Crippen MR) is 105 cm³/mol. The number of rotatable bonds is 7. The summed E-state index contributed by atoms with van der Waals surface area (Å²) in [5.41, 5.74) is 2.18. The maximum absolute atomic E-state index is 12.7. The van der Waals surface area contributed by atoms with Crippen LogP contribution in [0.15, 0.2) is 36.4 Å². The van der Waals surface area contributed by atoms with Crippen LogP contribution in [0.1, 0.15) is 34.5 Å². The van der Waals surface area contributed by atoms with Gasteiger partial charge in [0.05, 0.1) is 32.2 Å². The number of sulfonamides is 1. The first kappa shape index (κ1) is 20.6. The zero-order valence-corrected chi connectivity index (χ0v) is 16.8. The molecule has 2 N–H and O–H groups in total. The first-order valence-corrected chi connectivity index (χ1v) is 10.2. The van der Waals surface area contributed by atoms with Gasteiger partial charge < -0.3 is 14.8 Å². The van der Waals surface area contributed by atoms with Crippen LogP contribution < -0.4 is 19.5 Å². The molecule has 2 aromatic carbocycles. The lowest BCUT2D eigenvalue weighted by atomic mass is 10.0. The van der Waals surface area contributed by atoms with Gasteiger partial charge in [-0.3, -0.25) is 9.52 Å². The van der Waals surface area contributed by atoms with Crippen LogP contribution in [0.2, 0.25) is 0 Å². The van der Waals surface area contributed by atoms with Crippen molar-refractivity contribution in [3.8, 4) is 11.5 Å². The lowest BCUT2D eigenvalue weighted by Crippen LogP contribution is -2.27. The second kappa shape index (κ2) is 8.30. The van der Waals surface area contributed by atoms with E-state index in [2.05, 4.69) is 10.0 Å². The van der Waals surface area contributed by atoms with Crippen LogP contribution in [-0.2, 0) is 10.0 Å². The Morgan fingerprint density at radius 2 is 1.74 bits per heavy atom. The average molecular weight is 392 g/mol. The van der Waals surface area contributed by atoms with Crippen molar-refractivity contribution in [1.29, 1.82) is 0 Å². The Morgan fingerprint density at radius 3 is 2.33 bits per heavy atom. The number of nitrogens with one attached hydrogen (secondary N) is 2. The van der Waals surface area contributed by atoms with Crippen molar-refractivity contribution in [1.82, 2.24) is 5.32 Å². The minimum absolute atomic E-state index is 0.289. The van der Waals surface area contributed by atoms with Crippen LogP contribution in [-0.4, -0.2) is 34.8 Å². The number of ether oxygens (including phenoxy) is 2. The maximum atomic E-state index is 12.7. The van der Waals surface area contributed by atoms with Crippen molar-refractivity contribution in [3.05, 3.63) is 53.1 Å². The van der Waals surface area contributed by atoms with Crippen LogP contribution in [0.3, 0.4) is 0 Å². The molecule has 0 bridgehead atoms. The minimum Gasteiger partial charge on any atom is -0.493 e. The fourth-order valence-corrected chi connectivity index (χ4v) is 3.29. The van der Waals surface area contributed by atoms with Crippen molar-refractivity contribution < 1.29 is 22.7 Å². The number of methoxy groups -OCH3 is 2. The molecule has 1 amide bonds. The number of hydrogen-bond acceptors (Lipinski definition) is 5. The molecule has 2 rings (SSSR count). The van der Waals surface area contributed by atoms with Gasteiger partial charge in [-0.15, -0.1) is 0 Å². The molecule has 2 aromatic rings. The molecule has 0 saturated carbocycles. The van der Waals surface area contributed by atoms with Gasteiger partial charge in [0, 0.05) is 5.56 Å². The van der Waals surface area contributed by atoms with E-state index >= 15 is 0 Å². The third-order valence-corrected chi connectivity index (χ3v) is 4.72. The minimum atomic E-state index is -3.43. The molecule has 1 atom stereocenters. The molecule has 8 heteroatoms. The van der Waals surface area contributed by atoms with E-state index in [1.54, 1.807) is 51.5 Å². The SMILES string of the molecule is COc1ccc(C(C)NC(=O)c2cccc(NS(C)(=O)=O)c2C)cc1OC. The summed E-state index contributed by atoms with van der Waals surface area (Å²) in [7, 11) is -0.321. The smallest absolute Gasteiger partial charge is 0.252 e. The summed E-state index contributed by atoms with van der Waals surface area (Å²) < 4.78 is 35.9. The second-order valence-corrected chi connectivity index (χ2v) is 7.91. The molecule has 0 fully saturated rings. The lowest BCUT2D eigenvalue weighted by Gasteiger charge is -2.18. The monoisotopic (exact) mass is 392 g/mol. The molecule has 0 aliphatic carbocycles. The fraction of sp³-hybridized carbons (Fsp3) is 0.316. The molecule has 0 heterocycles. The Morgan fingerprint density at radius 1 is 1.07 bits per heavy atom. The molecule has 7 nitrogen and oxygen atoms in total. The summed E-state index contributed by atoms with van der Waals surface area (Å²) in [6.45, 7) is 3.55. The van der Waals surface area contributed by atoms with Crippen molar-refractivity contribution in [2.24, 2.45) is 0 Å². The van der Waals surface area contributed by atoms with Gasteiger partial charge in [-0.1, -0.05) is 12.1 Å². The van der Waals surface area contributed by atoms with E-state index in [0.29, 0.717) is 28.3 Å². The van der Waals surface area contributed by atoms with Crippen LogP contribution in [0, 0.1) is 6.92 Å². The summed E-state index contributed by atoms with van der Waals surface area (Å²) in [4.78, 5) is 12.7. The number of carbonyl (C=O) groups is 1. The summed E-state index contributed by atoms with van der Waals surface area (Å²) in [5.74, 6) is 0.883. The van der Waals surface area contributed by atoms with Crippen molar-refractivity contribution in [3.63, 3.8) is 0 Å². The Kier molecular flexibility index (Phi) is 6.32. The molecule has 146 valence electrons. The molecule has 1 unspecified atom stereocenters. The molecule has 0 aliphatic rings. The number of anilines is 1. The van der Waals surface area contributed by atoms with Gasteiger partial charge in [0.25, 0.3) is 5.91 Å². The quantitative estimate of drug-likeness (QED) is 0.756. The van der Waals surface area contributed by atoms with E-state index in [0.717, 1.165) is 11.8 Å². The van der Waals surface area contributed by atoms with E-state index in [1.165, 1.54) is 0 Å². The van der Waals surface area contributed by atoms with E-state index in [4.69, 9.17) is 9.47 Å². The Hall–Kier alpha value is -2.74. The van der Waals surface area contributed by atoms with Gasteiger partial charge in [-0.2, -0.15) is 0 Å². The van der Waals surface area contributed by atoms with Gasteiger partial charge >= 0.3 is 0 Å². The highest BCUT2D eigenvalue weighted by Gasteiger charge is 2.17. The van der Waals surface area contributed by atoms with Crippen LogP contribution >= 0.6 is 0 Å². The number of amides is 1. The normalized spacial score (nSPS) is 12.2. The summed E-state index contributed by atoms with van der Waals surface area (Å²) in [5, 5.41) is 2.92. The van der Waals surface area contributed by atoms with E-state index in [1.807, 2.05) is 13.0 Å². The second-order valence-electron chi connectivity index (χ2n) is 6.16. The van der Waals surface area contributed by atoms with Crippen LogP contribution in [0.5, 0.6) is 11.5 Å². The standard InChI is InChI=1S/C19H24N2O5S/c1-12-15(7-6-8-16(12)21-27(5,23)24)19(22)20-13(2)14-9-10-17(25-3)18(11-14)26-4/h6-11,13,21H,1-5H3,(H,20,22). The Bertz CT molecular complexity index is 941. The third kappa shape index (κ3) is 5.13. The Balaban J connectivity index is 2.23. The zero-order chi connectivity index (χ0) is 20.2. The summed E-state index contributed by atoms with van der Waals surface area (Å²) in [6.07, 6.45) is 1.07. The first-order chi connectivity index (χ1) is 12.7. The fourth-order valence-electron chi connectivity index (χ4n) is 2.67. The van der Waals surface area contributed by atoms with E-state index in [-0.39, 0.29) is 11.9 Å². The molecule has 0 aromatic heterocycles. The third-order valence-electron chi connectivity index (χ3n) is 4.13.